The van der Waals surface area contributed by atoms with E-state index in [4.69, 9.17) is 16.3 Å². The lowest BCUT2D eigenvalue weighted by atomic mass is 9.95. The molecule has 5 nitrogen and oxygen atoms in total. The molecule has 0 bridgehead atoms. The van der Waals surface area contributed by atoms with Crippen molar-refractivity contribution in [3.05, 3.63) is 59.1 Å². The van der Waals surface area contributed by atoms with Crippen LogP contribution < -0.4 is 9.46 Å². The van der Waals surface area contributed by atoms with E-state index in [9.17, 15) is 13.2 Å². The van der Waals surface area contributed by atoms with Gasteiger partial charge in [0.15, 0.2) is 0 Å². The molecule has 1 saturated carbocycles. The number of hydrogen-bond donors (Lipinski definition) is 1. The summed E-state index contributed by atoms with van der Waals surface area (Å²) in [5.74, 6) is 0.388. The third-order valence-corrected chi connectivity index (χ3v) is 6.53. The molecule has 2 aromatic rings. The van der Waals surface area contributed by atoms with E-state index in [1.165, 1.54) is 19.1 Å². The van der Waals surface area contributed by atoms with Crippen molar-refractivity contribution in [2.45, 2.75) is 43.5 Å². The van der Waals surface area contributed by atoms with Crippen molar-refractivity contribution in [1.82, 2.24) is 4.72 Å². The molecule has 2 aromatic carbocycles. The minimum absolute atomic E-state index is 0.0983. The van der Waals surface area contributed by atoms with Gasteiger partial charge in [-0.3, -0.25) is 4.79 Å². The maximum atomic E-state index is 12.6. The van der Waals surface area contributed by atoms with Crippen molar-refractivity contribution in [3.8, 4) is 5.75 Å². The molecule has 2 atom stereocenters. The first-order valence-electron chi connectivity index (χ1n) is 8.89. The van der Waals surface area contributed by atoms with E-state index in [0.29, 0.717) is 10.8 Å². The van der Waals surface area contributed by atoms with Crippen molar-refractivity contribution in [2.24, 2.45) is 5.92 Å². The zero-order chi connectivity index (χ0) is 19.4. The fourth-order valence-corrected chi connectivity index (χ4v) is 4.95. The fraction of sp³-hybridized carbons (Fsp3) is 0.350. The standard InChI is InChI=1S/C20H22ClNO4S/c1-14(23)26-18-9-5-15(6-10-18)13-16-3-2-4-20(16)22-27(24,25)19-11-7-17(21)8-12-19/h5-12,16,20,22H,2-4,13H2,1H3. The summed E-state index contributed by atoms with van der Waals surface area (Å²) in [6.07, 6.45) is 3.56. The molecule has 0 spiro atoms. The largest absolute Gasteiger partial charge is 0.427 e. The number of ether oxygens (including phenoxy) is 1. The Morgan fingerprint density at radius 1 is 1.11 bits per heavy atom. The van der Waals surface area contributed by atoms with Crippen molar-refractivity contribution in [1.29, 1.82) is 0 Å². The van der Waals surface area contributed by atoms with Gasteiger partial charge in [-0.25, -0.2) is 13.1 Å². The van der Waals surface area contributed by atoms with E-state index in [2.05, 4.69) is 4.72 Å². The molecule has 144 valence electrons. The summed E-state index contributed by atoms with van der Waals surface area (Å²) in [5.41, 5.74) is 1.09. The molecular formula is C20H22ClNO4S. The van der Waals surface area contributed by atoms with Crippen molar-refractivity contribution < 1.29 is 17.9 Å². The van der Waals surface area contributed by atoms with Crippen LogP contribution in [0.4, 0.5) is 0 Å². The Morgan fingerprint density at radius 2 is 1.78 bits per heavy atom. The number of carbonyl (C=O) groups is 1. The molecule has 1 aliphatic carbocycles. The molecule has 0 aliphatic heterocycles. The van der Waals surface area contributed by atoms with E-state index in [1.807, 2.05) is 12.1 Å². The van der Waals surface area contributed by atoms with Crippen LogP contribution in [0.2, 0.25) is 5.02 Å². The molecule has 27 heavy (non-hydrogen) atoms. The summed E-state index contributed by atoms with van der Waals surface area (Å²) in [4.78, 5) is 11.2. The summed E-state index contributed by atoms with van der Waals surface area (Å²) >= 11 is 5.84. The Labute approximate surface area is 164 Å². The van der Waals surface area contributed by atoms with Gasteiger partial charge >= 0.3 is 5.97 Å². The first kappa shape index (κ1) is 19.9. The van der Waals surface area contributed by atoms with Crippen molar-refractivity contribution >= 4 is 27.6 Å². The SMILES string of the molecule is CC(=O)Oc1ccc(CC2CCCC2NS(=O)(=O)c2ccc(Cl)cc2)cc1. The second-order valence-corrected chi connectivity index (χ2v) is 8.96. The van der Waals surface area contributed by atoms with Gasteiger partial charge in [-0.05, 0) is 67.1 Å². The van der Waals surface area contributed by atoms with Crippen molar-refractivity contribution in [3.63, 3.8) is 0 Å². The van der Waals surface area contributed by atoms with Crippen LogP contribution in [0.1, 0.15) is 31.7 Å². The molecular weight excluding hydrogens is 386 g/mol. The Bertz CT molecular complexity index is 895. The monoisotopic (exact) mass is 407 g/mol. The van der Waals surface area contributed by atoms with Crippen LogP contribution in [0.5, 0.6) is 5.75 Å². The lowest BCUT2D eigenvalue weighted by Crippen LogP contribution is -2.38. The van der Waals surface area contributed by atoms with Gasteiger partial charge in [0.1, 0.15) is 5.75 Å². The van der Waals surface area contributed by atoms with Crippen LogP contribution in [0.3, 0.4) is 0 Å². The molecule has 0 heterocycles. The molecule has 0 amide bonds. The lowest BCUT2D eigenvalue weighted by Gasteiger charge is -2.21. The number of hydrogen-bond acceptors (Lipinski definition) is 4. The molecule has 1 fully saturated rings. The van der Waals surface area contributed by atoms with Gasteiger partial charge in [0, 0.05) is 18.0 Å². The van der Waals surface area contributed by atoms with Gasteiger partial charge in [-0.1, -0.05) is 30.2 Å². The van der Waals surface area contributed by atoms with E-state index < -0.39 is 10.0 Å². The topological polar surface area (TPSA) is 72.5 Å². The predicted octanol–water partition coefficient (Wildman–Crippen LogP) is 3.96. The van der Waals surface area contributed by atoms with E-state index in [-0.39, 0.29) is 22.8 Å². The number of halogens is 1. The van der Waals surface area contributed by atoms with Gasteiger partial charge in [0.2, 0.25) is 10.0 Å². The minimum atomic E-state index is -3.57. The molecule has 0 radical (unpaired) electrons. The first-order chi connectivity index (χ1) is 12.8. The Morgan fingerprint density at radius 3 is 2.41 bits per heavy atom. The summed E-state index contributed by atoms with van der Waals surface area (Å²) < 4.78 is 33.2. The molecule has 1 aliphatic rings. The Balaban J connectivity index is 1.66. The third-order valence-electron chi connectivity index (χ3n) is 4.77. The van der Waals surface area contributed by atoms with Crippen LogP contribution in [-0.2, 0) is 21.2 Å². The second kappa shape index (κ2) is 8.42. The molecule has 7 heteroatoms. The van der Waals surface area contributed by atoms with Gasteiger partial charge in [-0.15, -0.1) is 0 Å². The van der Waals surface area contributed by atoms with Crippen LogP contribution in [0, 0.1) is 5.92 Å². The fourth-order valence-electron chi connectivity index (χ4n) is 3.48. The average Bonchev–Trinajstić information content (AvgIpc) is 3.02. The lowest BCUT2D eigenvalue weighted by molar-refractivity contribution is -0.131. The summed E-state index contributed by atoms with van der Waals surface area (Å²) in [7, 11) is -3.57. The highest BCUT2D eigenvalue weighted by Gasteiger charge is 2.31. The van der Waals surface area contributed by atoms with Crippen LogP contribution >= 0.6 is 11.6 Å². The maximum Gasteiger partial charge on any atom is 0.308 e. The van der Waals surface area contributed by atoms with Gasteiger partial charge in [-0.2, -0.15) is 0 Å². The molecule has 2 unspecified atom stereocenters. The highest BCUT2D eigenvalue weighted by molar-refractivity contribution is 7.89. The first-order valence-corrected chi connectivity index (χ1v) is 10.7. The normalized spacial score (nSPS) is 19.8. The van der Waals surface area contributed by atoms with Gasteiger partial charge < -0.3 is 4.74 Å². The quantitative estimate of drug-likeness (QED) is 0.581. The van der Waals surface area contributed by atoms with Crippen LogP contribution in [-0.4, -0.2) is 20.4 Å². The number of sulfonamides is 1. The Kier molecular flexibility index (Phi) is 6.19. The van der Waals surface area contributed by atoms with E-state index in [1.54, 1.807) is 24.3 Å². The Hall–Kier alpha value is -1.89. The highest BCUT2D eigenvalue weighted by Crippen LogP contribution is 2.30. The second-order valence-electron chi connectivity index (χ2n) is 6.81. The van der Waals surface area contributed by atoms with E-state index in [0.717, 1.165) is 31.2 Å². The zero-order valence-electron chi connectivity index (χ0n) is 15.0. The summed E-state index contributed by atoms with van der Waals surface area (Å²) in [6, 6.07) is 13.4. The number of nitrogens with one attached hydrogen (secondary N) is 1. The summed E-state index contributed by atoms with van der Waals surface area (Å²) in [6.45, 7) is 1.36. The molecule has 0 aromatic heterocycles. The van der Waals surface area contributed by atoms with Crippen molar-refractivity contribution in [2.75, 3.05) is 0 Å². The third kappa shape index (κ3) is 5.31. The highest BCUT2D eigenvalue weighted by atomic mass is 35.5. The number of carbonyl (C=O) groups excluding carboxylic acids is 1. The average molecular weight is 408 g/mol. The number of esters is 1. The zero-order valence-corrected chi connectivity index (χ0v) is 16.6. The molecule has 0 saturated heterocycles. The molecule has 1 N–H and O–H groups in total. The summed E-state index contributed by atoms with van der Waals surface area (Å²) in [5, 5.41) is 0.505. The van der Waals surface area contributed by atoms with Gasteiger partial charge in [0.25, 0.3) is 0 Å². The van der Waals surface area contributed by atoms with Crippen LogP contribution in [0.25, 0.3) is 0 Å². The van der Waals surface area contributed by atoms with Gasteiger partial charge in [0.05, 0.1) is 4.90 Å². The minimum Gasteiger partial charge on any atom is -0.427 e. The number of rotatable bonds is 6. The maximum absolute atomic E-state index is 12.6. The smallest absolute Gasteiger partial charge is 0.308 e. The molecule has 3 rings (SSSR count). The van der Waals surface area contributed by atoms with Crippen LogP contribution in [0.15, 0.2) is 53.4 Å². The van der Waals surface area contributed by atoms with E-state index >= 15 is 0 Å². The number of benzene rings is 2. The predicted molar refractivity (Wildman–Crippen MR) is 104 cm³/mol.